The van der Waals surface area contributed by atoms with Crippen LogP contribution in [0.4, 0.5) is 0 Å². The lowest BCUT2D eigenvalue weighted by Crippen LogP contribution is -1.97. The summed E-state index contributed by atoms with van der Waals surface area (Å²) < 4.78 is 11.3. The number of allylic oxidation sites excluding steroid dienone is 2. The van der Waals surface area contributed by atoms with Gasteiger partial charge in [-0.2, -0.15) is 0 Å². The first kappa shape index (κ1) is 19.8. The van der Waals surface area contributed by atoms with Gasteiger partial charge in [0.1, 0.15) is 11.5 Å². The standard InChI is InChI=1S/C25H27N3O2/c1-29-25-18-23(21-12-8-14-26-21)28-24(25)17-22-19(13-15-27-22)9-4-3-7-16-30-20-10-5-2-6-11-20/h2,5-6,8,10-15,17-18,26,28H,3-4,7,9,16H2,1H3. The number of aromatic amines is 2. The predicted octanol–water partition coefficient (Wildman–Crippen LogP) is 6.01. The minimum absolute atomic E-state index is 0.753. The minimum atomic E-state index is 0.753. The van der Waals surface area contributed by atoms with Crippen molar-refractivity contribution in [3.05, 3.63) is 77.8 Å². The van der Waals surface area contributed by atoms with Crippen molar-refractivity contribution >= 4 is 12.3 Å². The highest BCUT2D eigenvalue weighted by Gasteiger charge is 2.13. The maximum atomic E-state index is 5.77. The summed E-state index contributed by atoms with van der Waals surface area (Å²) in [6, 6.07) is 16.0. The number of methoxy groups -OCH3 is 1. The molecule has 0 aliphatic carbocycles. The lowest BCUT2D eigenvalue weighted by atomic mass is 10.0. The third-order valence-electron chi connectivity index (χ3n) is 5.12. The van der Waals surface area contributed by atoms with Crippen LogP contribution in [0.15, 0.2) is 77.1 Å². The molecule has 0 unspecified atom stereocenters. The summed E-state index contributed by atoms with van der Waals surface area (Å²) in [4.78, 5) is 11.2. The van der Waals surface area contributed by atoms with Crippen LogP contribution in [0.1, 0.15) is 31.4 Å². The molecule has 2 N–H and O–H groups in total. The number of para-hydroxylation sites is 1. The zero-order valence-corrected chi connectivity index (χ0v) is 17.2. The Morgan fingerprint density at radius 1 is 1.00 bits per heavy atom. The molecule has 5 nitrogen and oxygen atoms in total. The van der Waals surface area contributed by atoms with Crippen molar-refractivity contribution in [1.29, 1.82) is 0 Å². The summed E-state index contributed by atoms with van der Waals surface area (Å²) >= 11 is 0. The van der Waals surface area contributed by atoms with Crippen LogP contribution in [0.5, 0.6) is 11.5 Å². The quantitative estimate of drug-likeness (QED) is 0.409. The highest BCUT2D eigenvalue weighted by Crippen LogP contribution is 2.31. The normalized spacial score (nSPS) is 14.3. The van der Waals surface area contributed by atoms with Gasteiger partial charge in [0.05, 0.1) is 36.5 Å². The van der Waals surface area contributed by atoms with E-state index in [4.69, 9.17) is 9.47 Å². The Bertz CT molecular complexity index is 1030. The second kappa shape index (κ2) is 9.83. The molecule has 5 heteroatoms. The van der Waals surface area contributed by atoms with Crippen molar-refractivity contribution in [2.45, 2.75) is 25.7 Å². The number of hydrogen-bond donors (Lipinski definition) is 2. The molecule has 2 aromatic heterocycles. The highest BCUT2D eigenvalue weighted by atomic mass is 16.5. The summed E-state index contributed by atoms with van der Waals surface area (Å²) in [5.74, 6) is 1.75. The van der Waals surface area contributed by atoms with Crippen LogP contribution in [0.25, 0.3) is 17.5 Å². The Morgan fingerprint density at radius 3 is 2.70 bits per heavy atom. The van der Waals surface area contributed by atoms with Gasteiger partial charge in [0, 0.05) is 18.5 Å². The predicted molar refractivity (Wildman–Crippen MR) is 122 cm³/mol. The number of aromatic nitrogens is 2. The Labute approximate surface area is 177 Å². The van der Waals surface area contributed by atoms with Gasteiger partial charge >= 0.3 is 0 Å². The number of ether oxygens (including phenoxy) is 2. The van der Waals surface area contributed by atoms with Crippen molar-refractivity contribution in [1.82, 2.24) is 9.97 Å². The Hall–Kier alpha value is -3.47. The van der Waals surface area contributed by atoms with Gasteiger partial charge in [-0.05, 0) is 67.7 Å². The molecule has 0 saturated heterocycles. The third-order valence-corrected chi connectivity index (χ3v) is 5.12. The smallest absolute Gasteiger partial charge is 0.144 e. The van der Waals surface area contributed by atoms with E-state index >= 15 is 0 Å². The molecule has 0 radical (unpaired) electrons. The maximum absolute atomic E-state index is 5.77. The molecule has 154 valence electrons. The third kappa shape index (κ3) is 4.92. The first-order chi connectivity index (χ1) is 14.8. The van der Waals surface area contributed by atoms with E-state index in [0.29, 0.717) is 0 Å². The van der Waals surface area contributed by atoms with Crippen molar-refractivity contribution in [2.24, 2.45) is 4.99 Å². The van der Waals surface area contributed by atoms with Crippen LogP contribution >= 0.6 is 0 Å². The second-order valence-electron chi connectivity index (χ2n) is 7.22. The van der Waals surface area contributed by atoms with Gasteiger partial charge in [0.2, 0.25) is 0 Å². The number of aliphatic imine (C=N–C) groups is 1. The average Bonchev–Trinajstić information content (AvgIpc) is 3.53. The Kier molecular flexibility index (Phi) is 6.50. The van der Waals surface area contributed by atoms with Crippen LogP contribution in [0.2, 0.25) is 0 Å². The second-order valence-corrected chi connectivity index (χ2v) is 7.22. The first-order valence-electron chi connectivity index (χ1n) is 10.4. The molecule has 0 atom stereocenters. The first-order valence-corrected chi connectivity index (χ1v) is 10.4. The molecule has 0 saturated carbocycles. The highest BCUT2D eigenvalue weighted by molar-refractivity contribution is 5.82. The van der Waals surface area contributed by atoms with E-state index in [1.54, 1.807) is 7.11 Å². The van der Waals surface area contributed by atoms with Crippen molar-refractivity contribution in [2.75, 3.05) is 13.7 Å². The number of rotatable bonds is 10. The molecule has 1 aliphatic rings. The van der Waals surface area contributed by atoms with Gasteiger partial charge in [-0.1, -0.05) is 18.2 Å². The fourth-order valence-electron chi connectivity index (χ4n) is 3.53. The molecule has 0 amide bonds. The lowest BCUT2D eigenvalue weighted by Gasteiger charge is -2.07. The van der Waals surface area contributed by atoms with Crippen LogP contribution in [-0.4, -0.2) is 29.9 Å². The van der Waals surface area contributed by atoms with Crippen LogP contribution < -0.4 is 9.47 Å². The van der Waals surface area contributed by atoms with Gasteiger partial charge in [0.25, 0.3) is 0 Å². The molecule has 3 heterocycles. The van der Waals surface area contributed by atoms with Gasteiger partial charge in [0.15, 0.2) is 0 Å². The number of nitrogens with zero attached hydrogens (tertiary/aromatic N) is 1. The fourth-order valence-corrected chi connectivity index (χ4v) is 3.53. The molecule has 0 spiro atoms. The molecule has 0 fully saturated rings. The molecule has 4 rings (SSSR count). The summed E-state index contributed by atoms with van der Waals surface area (Å²) in [7, 11) is 1.69. The van der Waals surface area contributed by atoms with E-state index in [0.717, 1.165) is 66.6 Å². The van der Waals surface area contributed by atoms with E-state index in [2.05, 4.69) is 27.1 Å². The van der Waals surface area contributed by atoms with Crippen molar-refractivity contribution < 1.29 is 9.47 Å². The molecular weight excluding hydrogens is 374 g/mol. The SMILES string of the molecule is COc1cc(-c2ccc[nH]2)[nH]c1C=C1N=CC=C1CCCCCOc1ccccc1. The van der Waals surface area contributed by atoms with Gasteiger partial charge in [-0.3, -0.25) is 4.99 Å². The van der Waals surface area contributed by atoms with Crippen molar-refractivity contribution in [3.8, 4) is 22.9 Å². The number of benzene rings is 1. The molecule has 0 bridgehead atoms. The summed E-state index contributed by atoms with van der Waals surface area (Å²) in [6.07, 6.45) is 12.2. The van der Waals surface area contributed by atoms with Crippen molar-refractivity contribution in [3.63, 3.8) is 0 Å². The van der Waals surface area contributed by atoms with Gasteiger partial charge < -0.3 is 19.4 Å². The van der Waals surface area contributed by atoms with E-state index < -0.39 is 0 Å². The van der Waals surface area contributed by atoms with Crippen LogP contribution in [0, 0.1) is 0 Å². The molecule has 3 aromatic rings. The van der Waals surface area contributed by atoms with Crippen LogP contribution in [0.3, 0.4) is 0 Å². The molecule has 1 aromatic carbocycles. The lowest BCUT2D eigenvalue weighted by molar-refractivity contribution is 0.305. The Balaban J connectivity index is 1.30. The topological polar surface area (TPSA) is 62.4 Å². The molecule has 1 aliphatic heterocycles. The zero-order valence-electron chi connectivity index (χ0n) is 17.2. The maximum Gasteiger partial charge on any atom is 0.144 e. The average molecular weight is 402 g/mol. The minimum Gasteiger partial charge on any atom is -0.494 e. The van der Waals surface area contributed by atoms with Gasteiger partial charge in [-0.15, -0.1) is 0 Å². The summed E-state index contributed by atoms with van der Waals surface area (Å²) in [6.45, 7) is 0.753. The fraction of sp³-hybridized carbons (Fsp3) is 0.240. The number of hydrogen-bond acceptors (Lipinski definition) is 3. The van der Waals surface area contributed by atoms with E-state index in [-0.39, 0.29) is 0 Å². The van der Waals surface area contributed by atoms with Gasteiger partial charge in [-0.25, -0.2) is 0 Å². The zero-order chi connectivity index (χ0) is 20.6. The number of H-pyrrole nitrogens is 2. The number of nitrogens with one attached hydrogen (secondary N) is 2. The van der Waals surface area contributed by atoms with E-state index in [1.165, 1.54) is 5.57 Å². The summed E-state index contributed by atoms with van der Waals surface area (Å²) in [5, 5.41) is 0. The Morgan fingerprint density at radius 2 is 1.90 bits per heavy atom. The largest absolute Gasteiger partial charge is 0.494 e. The summed E-state index contributed by atoms with van der Waals surface area (Å²) in [5.41, 5.74) is 5.21. The molecular formula is C25H27N3O2. The number of unbranched alkanes of at least 4 members (excludes halogenated alkanes) is 2. The van der Waals surface area contributed by atoms with E-state index in [9.17, 15) is 0 Å². The van der Waals surface area contributed by atoms with E-state index in [1.807, 2.05) is 60.9 Å². The monoisotopic (exact) mass is 401 g/mol. The van der Waals surface area contributed by atoms with Crippen LogP contribution in [-0.2, 0) is 0 Å². The molecule has 30 heavy (non-hydrogen) atoms.